The van der Waals surface area contributed by atoms with Crippen LogP contribution >= 0.6 is 12.4 Å². The second-order valence-electron chi connectivity index (χ2n) is 5.80. The summed E-state index contributed by atoms with van der Waals surface area (Å²) < 4.78 is 54.6. The molecular weight excluding hydrogens is 378 g/mol. The van der Waals surface area contributed by atoms with Crippen molar-refractivity contribution >= 4 is 18.3 Å². The summed E-state index contributed by atoms with van der Waals surface area (Å²) in [5.74, 6) is -1.79. The second kappa shape index (κ2) is 7.58. The van der Waals surface area contributed by atoms with Crippen molar-refractivity contribution in [1.82, 2.24) is 20.3 Å². The van der Waals surface area contributed by atoms with E-state index in [0.29, 0.717) is 4.68 Å². The molecule has 6 nitrogen and oxygen atoms in total. The van der Waals surface area contributed by atoms with E-state index in [-0.39, 0.29) is 24.9 Å². The lowest BCUT2D eigenvalue weighted by Crippen LogP contribution is -2.42. The van der Waals surface area contributed by atoms with Gasteiger partial charge in [0, 0.05) is 12.6 Å². The van der Waals surface area contributed by atoms with Crippen molar-refractivity contribution in [2.45, 2.75) is 25.1 Å². The second-order valence-corrected chi connectivity index (χ2v) is 5.80. The number of hydrogen-bond donors (Lipinski definition) is 2. The fraction of sp³-hybridized carbons (Fsp3) is 0.400. The Labute approximate surface area is 152 Å². The van der Waals surface area contributed by atoms with Crippen molar-refractivity contribution in [2.75, 3.05) is 6.54 Å². The van der Waals surface area contributed by atoms with Gasteiger partial charge in [-0.3, -0.25) is 4.79 Å². The minimum absolute atomic E-state index is 0. The summed E-state index contributed by atoms with van der Waals surface area (Å²) in [4.78, 5) is 12.3. The molecule has 1 aromatic carbocycles. The fourth-order valence-corrected chi connectivity index (χ4v) is 2.59. The Balaban J connectivity index is 0.00000243. The van der Waals surface area contributed by atoms with E-state index < -0.39 is 41.0 Å². The van der Waals surface area contributed by atoms with Crippen LogP contribution < -0.4 is 11.1 Å². The van der Waals surface area contributed by atoms with Gasteiger partial charge < -0.3 is 11.1 Å². The highest BCUT2D eigenvalue weighted by atomic mass is 35.5. The van der Waals surface area contributed by atoms with Crippen LogP contribution in [0.1, 0.15) is 29.0 Å². The lowest BCUT2D eigenvalue weighted by molar-refractivity contribution is -0.143. The number of aromatic nitrogens is 3. The zero-order valence-corrected chi connectivity index (χ0v) is 14.1. The molecular formula is C15H16ClF4N5O. The Morgan fingerprint density at radius 1 is 1.35 bits per heavy atom. The van der Waals surface area contributed by atoms with Crippen LogP contribution in [0.15, 0.2) is 24.3 Å². The average Bonchev–Trinajstić information content (AvgIpc) is 3.29. The van der Waals surface area contributed by atoms with Crippen LogP contribution in [0.3, 0.4) is 0 Å². The number of alkyl halides is 3. The van der Waals surface area contributed by atoms with Gasteiger partial charge in [-0.25, -0.2) is 9.07 Å². The molecule has 1 fully saturated rings. The highest BCUT2D eigenvalue weighted by Gasteiger charge is 2.43. The number of carbonyl (C=O) groups is 1. The predicted molar refractivity (Wildman–Crippen MR) is 86.6 cm³/mol. The summed E-state index contributed by atoms with van der Waals surface area (Å²) in [6, 6.07) is 4.38. The summed E-state index contributed by atoms with van der Waals surface area (Å²) in [7, 11) is 0. The van der Waals surface area contributed by atoms with Gasteiger partial charge in [0.1, 0.15) is 11.5 Å². The van der Waals surface area contributed by atoms with E-state index in [0.717, 1.165) is 25.0 Å². The minimum Gasteiger partial charge on any atom is -0.346 e. The van der Waals surface area contributed by atoms with E-state index >= 15 is 0 Å². The van der Waals surface area contributed by atoms with Crippen LogP contribution in [0.4, 0.5) is 17.6 Å². The summed E-state index contributed by atoms with van der Waals surface area (Å²) in [5, 5.41) is 9.15. The Hall–Kier alpha value is -2.20. The molecule has 0 aliphatic heterocycles. The van der Waals surface area contributed by atoms with Gasteiger partial charge in [-0.1, -0.05) is 17.3 Å². The Kier molecular flexibility index (Phi) is 5.87. The van der Waals surface area contributed by atoms with Gasteiger partial charge in [0.15, 0.2) is 11.4 Å². The molecule has 3 rings (SSSR count). The standard InChI is InChI=1S/C15H15F4N5O.ClH/c16-9-3-1-2-4-11(9)24-13(15(17,18)19)12(22-23-24)14(25)21-10(7-20)8-5-6-8;/h1-4,8,10H,5-7,20H2,(H,21,25);1H. The number of benzene rings is 1. The lowest BCUT2D eigenvalue weighted by Gasteiger charge is -2.16. The van der Waals surface area contributed by atoms with Crippen LogP contribution in [0, 0.1) is 11.7 Å². The van der Waals surface area contributed by atoms with Gasteiger partial charge in [-0.15, -0.1) is 17.5 Å². The molecule has 142 valence electrons. The van der Waals surface area contributed by atoms with Crippen molar-refractivity contribution in [3.8, 4) is 5.69 Å². The van der Waals surface area contributed by atoms with Gasteiger partial charge in [-0.2, -0.15) is 13.2 Å². The van der Waals surface area contributed by atoms with Crippen LogP contribution in [0.5, 0.6) is 0 Å². The molecule has 1 amide bonds. The van der Waals surface area contributed by atoms with E-state index in [1.807, 2.05) is 0 Å². The number of nitrogens with one attached hydrogen (secondary N) is 1. The molecule has 1 unspecified atom stereocenters. The van der Waals surface area contributed by atoms with Crippen LogP contribution in [-0.4, -0.2) is 33.5 Å². The molecule has 26 heavy (non-hydrogen) atoms. The van der Waals surface area contributed by atoms with Crippen molar-refractivity contribution < 1.29 is 22.4 Å². The third-order valence-corrected chi connectivity index (χ3v) is 4.00. The number of rotatable bonds is 5. The first-order valence-corrected chi connectivity index (χ1v) is 7.61. The van der Waals surface area contributed by atoms with Crippen molar-refractivity contribution in [3.63, 3.8) is 0 Å². The summed E-state index contributed by atoms with van der Waals surface area (Å²) in [6.07, 6.45) is -3.23. The first-order valence-electron chi connectivity index (χ1n) is 7.61. The molecule has 2 aromatic rings. The first kappa shape index (κ1) is 20.1. The van der Waals surface area contributed by atoms with E-state index in [2.05, 4.69) is 15.6 Å². The van der Waals surface area contributed by atoms with Crippen molar-refractivity contribution in [1.29, 1.82) is 0 Å². The van der Waals surface area contributed by atoms with Gasteiger partial charge in [0.25, 0.3) is 5.91 Å². The van der Waals surface area contributed by atoms with Crippen LogP contribution in [0.2, 0.25) is 0 Å². The number of hydrogen-bond acceptors (Lipinski definition) is 4. The molecule has 3 N–H and O–H groups in total. The summed E-state index contributed by atoms with van der Waals surface area (Å²) >= 11 is 0. The molecule has 0 saturated heterocycles. The molecule has 0 radical (unpaired) electrons. The van der Waals surface area contributed by atoms with Gasteiger partial charge in [-0.05, 0) is 30.9 Å². The largest absolute Gasteiger partial charge is 0.435 e. The molecule has 1 aromatic heterocycles. The smallest absolute Gasteiger partial charge is 0.346 e. The third kappa shape index (κ3) is 3.96. The predicted octanol–water partition coefficient (Wildman–Crippen LogP) is 2.31. The maximum Gasteiger partial charge on any atom is 0.435 e. The first-order chi connectivity index (χ1) is 11.8. The monoisotopic (exact) mass is 393 g/mol. The molecule has 0 bridgehead atoms. The number of carbonyl (C=O) groups excluding carboxylic acids is 1. The molecule has 1 atom stereocenters. The summed E-state index contributed by atoms with van der Waals surface area (Å²) in [6.45, 7) is 0.110. The number of para-hydroxylation sites is 1. The summed E-state index contributed by atoms with van der Waals surface area (Å²) in [5.41, 5.74) is 2.77. The highest BCUT2D eigenvalue weighted by molar-refractivity contribution is 5.93. The Morgan fingerprint density at radius 3 is 2.54 bits per heavy atom. The lowest BCUT2D eigenvalue weighted by atomic mass is 10.1. The van der Waals surface area contributed by atoms with Crippen LogP contribution in [0.25, 0.3) is 5.69 Å². The van der Waals surface area contributed by atoms with Gasteiger partial charge >= 0.3 is 6.18 Å². The normalized spacial score (nSPS) is 15.3. The average molecular weight is 394 g/mol. The van der Waals surface area contributed by atoms with Crippen LogP contribution in [-0.2, 0) is 6.18 Å². The molecule has 1 aliphatic rings. The number of nitrogens with zero attached hydrogens (tertiary/aromatic N) is 3. The number of amides is 1. The SMILES string of the molecule is Cl.NCC(NC(=O)c1nnn(-c2ccccc2F)c1C(F)(F)F)C1CC1. The zero-order valence-electron chi connectivity index (χ0n) is 13.3. The van der Waals surface area contributed by atoms with Gasteiger partial charge in [0.2, 0.25) is 0 Å². The maximum absolute atomic E-state index is 13.9. The van der Waals surface area contributed by atoms with E-state index in [1.165, 1.54) is 12.1 Å². The number of halogens is 5. The zero-order chi connectivity index (χ0) is 18.2. The van der Waals surface area contributed by atoms with Gasteiger partial charge in [0.05, 0.1) is 0 Å². The maximum atomic E-state index is 13.9. The quantitative estimate of drug-likeness (QED) is 0.763. The molecule has 11 heteroatoms. The topological polar surface area (TPSA) is 85.8 Å². The molecule has 1 heterocycles. The third-order valence-electron chi connectivity index (χ3n) is 4.00. The van der Waals surface area contributed by atoms with E-state index in [1.54, 1.807) is 0 Å². The Morgan fingerprint density at radius 2 is 2.00 bits per heavy atom. The van der Waals surface area contributed by atoms with E-state index in [9.17, 15) is 22.4 Å². The van der Waals surface area contributed by atoms with E-state index in [4.69, 9.17) is 5.73 Å². The number of nitrogens with two attached hydrogens (primary N) is 1. The fourth-order valence-electron chi connectivity index (χ4n) is 2.59. The van der Waals surface area contributed by atoms with Crippen molar-refractivity contribution in [2.24, 2.45) is 11.7 Å². The molecule has 0 spiro atoms. The molecule has 1 aliphatic carbocycles. The van der Waals surface area contributed by atoms with Crippen molar-refractivity contribution in [3.05, 3.63) is 41.5 Å². The molecule has 1 saturated carbocycles. The highest BCUT2D eigenvalue weighted by Crippen LogP contribution is 2.34. The Bertz CT molecular complexity index is 791. The minimum atomic E-state index is -4.95.